The highest BCUT2D eigenvalue weighted by Gasteiger charge is 2.24. The van der Waals surface area contributed by atoms with E-state index in [2.05, 4.69) is 65.3 Å². The third kappa shape index (κ3) is 5.73. The van der Waals surface area contributed by atoms with Crippen LogP contribution in [0.2, 0.25) is 0 Å². The molecular weight excluding hydrogens is 570 g/mol. The first-order valence-electron chi connectivity index (χ1n) is 12.2. The van der Waals surface area contributed by atoms with Gasteiger partial charge in [-0.25, -0.2) is 4.98 Å². The SMILES string of the molecule is CCCCn1c2ccccc2c2nnc(SC(CC)C(=O)NC3=NN=C(c4ccc(Br)cc4)CS3)nc21. The molecule has 0 spiro atoms. The topological polar surface area (TPSA) is 97.4 Å². The summed E-state index contributed by atoms with van der Waals surface area (Å²) in [6.45, 7) is 5.01. The van der Waals surface area contributed by atoms with Crippen LogP contribution in [0.4, 0.5) is 0 Å². The van der Waals surface area contributed by atoms with Gasteiger partial charge in [0.25, 0.3) is 0 Å². The van der Waals surface area contributed by atoms with Crippen LogP contribution in [0, 0.1) is 0 Å². The van der Waals surface area contributed by atoms with Gasteiger partial charge < -0.3 is 9.88 Å². The first kappa shape index (κ1) is 25.9. The van der Waals surface area contributed by atoms with Crippen molar-refractivity contribution in [2.75, 3.05) is 5.75 Å². The van der Waals surface area contributed by atoms with Crippen molar-refractivity contribution in [2.45, 2.75) is 50.1 Å². The van der Waals surface area contributed by atoms with Crippen LogP contribution in [0.25, 0.3) is 22.1 Å². The number of halogens is 1. The van der Waals surface area contributed by atoms with E-state index in [-0.39, 0.29) is 11.2 Å². The number of amides is 1. The molecular formula is C26H26BrN7OS2. The Hall–Kier alpha value is -2.76. The monoisotopic (exact) mass is 595 g/mol. The molecule has 11 heteroatoms. The molecule has 0 radical (unpaired) electrons. The van der Waals surface area contributed by atoms with E-state index >= 15 is 0 Å². The lowest BCUT2D eigenvalue weighted by atomic mass is 10.1. The summed E-state index contributed by atoms with van der Waals surface area (Å²) in [5, 5.41) is 22.0. The molecule has 0 aliphatic carbocycles. The molecule has 4 aromatic rings. The summed E-state index contributed by atoms with van der Waals surface area (Å²) in [6, 6.07) is 16.1. The average molecular weight is 597 g/mol. The van der Waals surface area contributed by atoms with Crippen molar-refractivity contribution in [1.82, 2.24) is 25.1 Å². The Morgan fingerprint density at radius 1 is 1.14 bits per heavy atom. The van der Waals surface area contributed by atoms with Gasteiger partial charge >= 0.3 is 0 Å². The van der Waals surface area contributed by atoms with Crippen LogP contribution in [-0.4, -0.2) is 47.5 Å². The van der Waals surface area contributed by atoms with Crippen molar-refractivity contribution in [1.29, 1.82) is 0 Å². The number of para-hydroxylation sites is 1. The van der Waals surface area contributed by atoms with Crippen LogP contribution in [0.3, 0.4) is 0 Å². The van der Waals surface area contributed by atoms with Gasteiger partial charge in [0.2, 0.25) is 11.1 Å². The summed E-state index contributed by atoms with van der Waals surface area (Å²) in [7, 11) is 0. The fraction of sp³-hybridized carbons (Fsp3) is 0.308. The van der Waals surface area contributed by atoms with Crippen molar-refractivity contribution in [2.24, 2.45) is 10.2 Å². The smallest absolute Gasteiger partial charge is 0.239 e. The van der Waals surface area contributed by atoms with Gasteiger partial charge in [-0.2, -0.15) is 5.10 Å². The van der Waals surface area contributed by atoms with Crippen LogP contribution >= 0.6 is 39.5 Å². The molecule has 190 valence electrons. The first-order valence-corrected chi connectivity index (χ1v) is 14.9. The Morgan fingerprint density at radius 2 is 1.95 bits per heavy atom. The number of thioether (sulfide) groups is 2. The molecule has 8 nitrogen and oxygen atoms in total. The lowest BCUT2D eigenvalue weighted by Crippen LogP contribution is -2.37. The Bertz CT molecular complexity index is 1500. The summed E-state index contributed by atoms with van der Waals surface area (Å²) >= 11 is 6.24. The van der Waals surface area contributed by atoms with E-state index in [1.54, 1.807) is 0 Å². The van der Waals surface area contributed by atoms with Crippen LogP contribution in [0.5, 0.6) is 0 Å². The number of nitrogens with one attached hydrogen (secondary N) is 1. The van der Waals surface area contributed by atoms with Crippen molar-refractivity contribution < 1.29 is 4.79 Å². The summed E-state index contributed by atoms with van der Waals surface area (Å²) in [5.41, 5.74) is 4.60. The molecule has 3 heterocycles. The van der Waals surface area contributed by atoms with E-state index in [1.165, 1.54) is 23.5 Å². The van der Waals surface area contributed by atoms with Gasteiger partial charge in [-0.15, -0.1) is 15.3 Å². The number of carbonyl (C=O) groups is 1. The van der Waals surface area contributed by atoms with Crippen molar-refractivity contribution in [3.8, 4) is 0 Å². The van der Waals surface area contributed by atoms with E-state index in [0.29, 0.717) is 22.5 Å². The zero-order chi connectivity index (χ0) is 25.8. The molecule has 37 heavy (non-hydrogen) atoms. The molecule has 0 saturated carbocycles. The van der Waals surface area contributed by atoms with Crippen LogP contribution in [0.1, 0.15) is 38.7 Å². The molecule has 2 aromatic heterocycles. The maximum Gasteiger partial charge on any atom is 0.239 e. The fourth-order valence-electron chi connectivity index (χ4n) is 4.06. The highest BCUT2D eigenvalue weighted by Crippen LogP contribution is 2.29. The van der Waals surface area contributed by atoms with E-state index in [0.717, 1.165) is 57.2 Å². The Morgan fingerprint density at radius 3 is 2.68 bits per heavy atom. The second kappa shape index (κ2) is 11.7. The molecule has 5 rings (SSSR count). The predicted octanol–water partition coefficient (Wildman–Crippen LogP) is 6.04. The van der Waals surface area contributed by atoms with Gasteiger partial charge in [-0.05, 0) is 36.6 Å². The minimum Gasteiger partial charge on any atom is -0.324 e. The first-order chi connectivity index (χ1) is 18.1. The third-order valence-corrected chi connectivity index (χ3v) is 8.63. The van der Waals surface area contributed by atoms with E-state index in [4.69, 9.17) is 4.98 Å². The fourth-order valence-corrected chi connectivity index (χ4v) is 5.91. The Kier molecular flexibility index (Phi) is 8.21. The number of aryl methyl sites for hydroxylation is 1. The normalized spacial score (nSPS) is 14.5. The van der Waals surface area contributed by atoms with Gasteiger partial charge in [0.1, 0.15) is 5.52 Å². The quantitative estimate of drug-likeness (QED) is 0.249. The molecule has 0 saturated heterocycles. The maximum absolute atomic E-state index is 13.1. The van der Waals surface area contributed by atoms with Gasteiger partial charge in [-0.3, -0.25) is 4.79 Å². The Balaban J connectivity index is 1.32. The van der Waals surface area contributed by atoms with Crippen LogP contribution in [-0.2, 0) is 11.3 Å². The molecule has 0 bridgehead atoms. The lowest BCUT2D eigenvalue weighted by molar-refractivity contribution is -0.119. The number of nitrogens with zero attached hydrogens (tertiary/aromatic N) is 6. The molecule has 1 atom stereocenters. The second-order valence-electron chi connectivity index (χ2n) is 8.54. The number of unbranched alkanes of at least 4 members (excludes halogenated alkanes) is 1. The number of benzene rings is 2. The van der Waals surface area contributed by atoms with Crippen LogP contribution < -0.4 is 5.32 Å². The highest BCUT2D eigenvalue weighted by molar-refractivity contribution is 9.10. The molecule has 1 aliphatic heterocycles. The maximum atomic E-state index is 13.1. The van der Waals surface area contributed by atoms with Gasteiger partial charge in [0, 0.05) is 22.2 Å². The van der Waals surface area contributed by atoms with Crippen molar-refractivity contribution in [3.05, 3.63) is 58.6 Å². The minimum absolute atomic E-state index is 0.142. The summed E-state index contributed by atoms with van der Waals surface area (Å²) in [5.74, 6) is 0.493. The molecule has 1 amide bonds. The van der Waals surface area contributed by atoms with Gasteiger partial charge in [0.05, 0.1) is 16.5 Å². The van der Waals surface area contributed by atoms with Gasteiger partial charge in [0.15, 0.2) is 10.8 Å². The third-order valence-electron chi connectivity index (χ3n) is 6.02. The molecule has 2 aromatic carbocycles. The lowest BCUT2D eigenvalue weighted by Gasteiger charge is -2.16. The zero-order valence-corrected chi connectivity index (χ0v) is 23.7. The summed E-state index contributed by atoms with van der Waals surface area (Å²) < 4.78 is 3.23. The molecule has 1 N–H and O–H groups in total. The molecule has 0 fully saturated rings. The number of fused-ring (bicyclic) bond motifs is 3. The average Bonchev–Trinajstić information content (AvgIpc) is 3.24. The van der Waals surface area contributed by atoms with Gasteiger partial charge in [-0.1, -0.05) is 90.1 Å². The number of amidine groups is 1. The number of aromatic nitrogens is 4. The predicted molar refractivity (Wildman–Crippen MR) is 156 cm³/mol. The highest BCUT2D eigenvalue weighted by atomic mass is 79.9. The van der Waals surface area contributed by atoms with Crippen molar-refractivity contribution in [3.63, 3.8) is 0 Å². The van der Waals surface area contributed by atoms with E-state index in [1.807, 2.05) is 43.3 Å². The number of hydrogen-bond acceptors (Lipinski definition) is 8. The standard InChI is InChI=1S/C26H26BrN7OS2/c1-3-5-14-34-20-9-7-6-8-18(20)22-23(34)28-26(33-31-22)37-21(4-2)24(35)29-25-32-30-19(15-36-25)16-10-12-17(27)13-11-16/h6-13,21H,3-5,14-15H2,1-2H3,(H,29,32,35). The number of rotatable bonds is 8. The van der Waals surface area contributed by atoms with Crippen LogP contribution in [0.15, 0.2) is 68.4 Å². The van der Waals surface area contributed by atoms with Crippen molar-refractivity contribution >= 4 is 78.3 Å². The largest absolute Gasteiger partial charge is 0.324 e. The zero-order valence-electron chi connectivity index (χ0n) is 20.5. The number of hydrogen-bond donors (Lipinski definition) is 1. The summed E-state index contributed by atoms with van der Waals surface area (Å²) in [6.07, 6.45) is 2.75. The molecule has 1 aliphatic rings. The van der Waals surface area contributed by atoms with E-state index < -0.39 is 0 Å². The Labute approximate surface area is 231 Å². The number of carbonyl (C=O) groups excluding carboxylic acids is 1. The molecule has 1 unspecified atom stereocenters. The minimum atomic E-state index is -0.382. The second-order valence-corrected chi connectivity index (χ2v) is 11.6. The summed E-state index contributed by atoms with van der Waals surface area (Å²) in [4.78, 5) is 17.9. The van der Waals surface area contributed by atoms with E-state index in [9.17, 15) is 4.79 Å².